The molecule has 0 aliphatic carbocycles. The molecule has 3 aromatic rings. The molecule has 2 aliphatic heterocycles. The average Bonchev–Trinajstić information content (AvgIpc) is 3.23. The van der Waals surface area contributed by atoms with E-state index in [1.807, 2.05) is 54.6 Å². The molecule has 3 aromatic carbocycles. The number of methoxy groups -OCH3 is 2. The highest BCUT2D eigenvalue weighted by Crippen LogP contribution is 2.45. The summed E-state index contributed by atoms with van der Waals surface area (Å²) in [6.45, 7) is 0. The van der Waals surface area contributed by atoms with Crippen molar-refractivity contribution in [3.05, 3.63) is 113 Å². The molecule has 166 valence electrons. The monoisotopic (exact) mass is 461 g/mol. The number of hydrogen-bond acceptors (Lipinski definition) is 5. The van der Waals surface area contributed by atoms with Gasteiger partial charge in [-0.1, -0.05) is 72.3 Å². The molecular formula is C26H21ClFN3O2. The van der Waals surface area contributed by atoms with E-state index in [0.29, 0.717) is 28.4 Å². The second-order valence-electron chi connectivity index (χ2n) is 7.54. The van der Waals surface area contributed by atoms with Crippen molar-refractivity contribution in [3.63, 3.8) is 0 Å². The Hall–Kier alpha value is -3.61. The number of rotatable bonds is 5. The lowest BCUT2D eigenvalue weighted by atomic mass is 9.93. The number of allylic oxidation sites excluding steroid dienone is 1. The third-order valence-electron chi connectivity index (χ3n) is 5.70. The summed E-state index contributed by atoms with van der Waals surface area (Å²) in [4.78, 5) is 4.71. The van der Waals surface area contributed by atoms with Crippen molar-refractivity contribution in [1.29, 1.82) is 0 Å². The van der Waals surface area contributed by atoms with Crippen LogP contribution in [0.1, 0.15) is 22.7 Å². The maximum atomic E-state index is 15.0. The quantitative estimate of drug-likeness (QED) is 0.527. The first kappa shape index (κ1) is 21.2. The summed E-state index contributed by atoms with van der Waals surface area (Å²) in [7, 11) is 3.19. The van der Waals surface area contributed by atoms with E-state index in [0.717, 1.165) is 16.9 Å². The van der Waals surface area contributed by atoms with Crippen molar-refractivity contribution in [3.8, 4) is 5.75 Å². The van der Waals surface area contributed by atoms with Crippen LogP contribution in [-0.4, -0.2) is 24.4 Å². The highest BCUT2D eigenvalue weighted by Gasteiger charge is 2.40. The molecule has 7 heteroatoms. The lowest BCUT2D eigenvalue weighted by Gasteiger charge is -2.28. The van der Waals surface area contributed by atoms with Gasteiger partial charge in [0.25, 0.3) is 0 Å². The number of hydrazine groups is 1. The maximum absolute atomic E-state index is 15.0. The minimum atomic E-state index is -0.355. The summed E-state index contributed by atoms with van der Waals surface area (Å²) in [5.74, 6) is 1.36. The minimum absolute atomic E-state index is 0.257. The third kappa shape index (κ3) is 3.67. The van der Waals surface area contributed by atoms with E-state index in [1.54, 1.807) is 37.4 Å². The summed E-state index contributed by atoms with van der Waals surface area (Å²) < 4.78 is 26.0. The number of nitrogens with zero attached hydrogens (tertiary/aromatic N) is 2. The van der Waals surface area contributed by atoms with Crippen LogP contribution in [0.15, 0.2) is 95.6 Å². The molecule has 0 aromatic heterocycles. The fraction of sp³-hybridized carbons (Fsp3) is 0.115. The van der Waals surface area contributed by atoms with Gasteiger partial charge in [-0.05, 0) is 29.3 Å². The summed E-state index contributed by atoms with van der Waals surface area (Å²) in [5.41, 5.74) is 6.99. The van der Waals surface area contributed by atoms with Crippen molar-refractivity contribution >= 4 is 27.9 Å². The zero-order valence-electron chi connectivity index (χ0n) is 18.0. The van der Waals surface area contributed by atoms with Gasteiger partial charge in [0, 0.05) is 11.1 Å². The smallest absolute Gasteiger partial charge is 0.221 e. The Bertz CT molecular complexity index is 1290. The Morgan fingerprint density at radius 3 is 2.27 bits per heavy atom. The van der Waals surface area contributed by atoms with E-state index < -0.39 is 0 Å². The Labute approximate surface area is 196 Å². The van der Waals surface area contributed by atoms with Gasteiger partial charge in [0.2, 0.25) is 5.88 Å². The summed E-state index contributed by atoms with van der Waals surface area (Å²) in [5, 5.41) is 2.00. The first-order chi connectivity index (χ1) is 16.1. The summed E-state index contributed by atoms with van der Waals surface area (Å²) >= 11 is 6.72. The third-order valence-corrected chi connectivity index (χ3v) is 5.97. The van der Waals surface area contributed by atoms with Crippen LogP contribution < -0.4 is 10.2 Å². The van der Waals surface area contributed by atoms with Gasteiger partial charge in [-0.15, -0.1) is 0 Å². The number of benzene rings is 3. The largest absolute Gasteiger partial charge is 0.497 e. The normalized spacial score (nSPS) is 17.8. The summed E-state index contributed by atoms with van der Waals surface area (Å²) in [6, 6.07) is 23.6. The Morgan fingerprint density at radius 1 is 0.909 bits per heavy atom. The number of fused-ring (bicyclic) bond motifs is 1. The highest BCUT2D eigenvalue weighted by atomic mass is 35.5. The standard InChI is InChI=1S/C26H21ClFN3O2/c1-32-18-14-12-16(13-15-18)21-24(27)29-25-22(19-10-6-7-11-20(19)28)23(17-8-4-3-5-9-17)30-31(25)26(21)33-2/h3-15,23,30H,1-2H3. The number of nitrogens with one attached hydrogen (secondary N) is 1. The van der Waals surface area contributed by atoms with E-state index in [9.17, 15) is 4.39 Å². The van der Waals surface area contributed by atoms with Gasteiger partial charge < -0.3 is 9.47 Å². The summed E-state index contributed by atoms with van der Waals surface area (Å²) in [6.07, 6.45) is 0. The fourth-order valence-electron chi connectivity index (χ4n) is 4.15. The van der Waals surface area contributed by atoms with Crippen molar-refractivity contribution in [1.82, 2.24) is 10.4 Å². The van der Waals surface area contributed by atoms with Crippen LogP contribution in [0, 0.1) is 5.82 Å². The number of ether oxygens (including phenoxy) is 2. The van der Waals surface area contributed by atoms with Gasteiger partial charge in [-0.3, -0.25) is 0 Å². The number of hydrogen-bond donors (Lipinski definition) is 1. The molecule has 1 unspecified atom stereocenters. The Kier molecular flexibility index (Phi) is 5.62. The predicted molar refractivity (Wildman–Crippen MR) is 128 cm³/mol. The van der Waals surface area contributed by atoms with Crippen LogP contribution in [0.4, 0.5) is 4.39 Å². The van der Waals surface area contributed by atoms with Crippen molar-refractivity contribution < 1.29 is 13.9 Å². The van der Waals surface area contributed by atoms with Gasteiger partial charge in [-0.2, -0.15) is 0 Å². The van der Waals surface area contributed by atoms with Crippen molar-refractivity contribution in [2.24, 2.45) is 4.99 Å². The molecule has 0 spiro atoms. The second kappa shape index (κ2) is 8.73. The van der Waals surface area contributed by atoms with Crippen LogP contribution in [0.2, 0.25) is 0 Å². The predicted octanol–water partition coefficient (Wildman–Crippen LogP) is 5.73. The van der Waals surface area contributed by atoms with E-state index in [4.69, 9.17) is 26.1 Å². The van der Waals surface area contributed by atoms with Gasteiger partial charge >= 0.3 is 0 Å². The molecule has 0 fully saturated rings. The van der Waals surface area contributed by atoms with Gasteiger partial charge in [0.15, 0.2) is 5.82 Å². The Balaban J connectivity index is 1.70. The van der Waals surface area contributed by atoms with Crippen molar-refractivity contribution in [2.75, 3.05) is 14.2 Å². The molecular weight excluding hydrogens is 441 g/mol. The highest BCUT2D eigenvalue weighted by molar-refractivity contribution is 6.76. The Morgan fingerprint density at radius 2 is 1.61 bits per heavy atom. The van der Waals surface area contributed by atoms with Gasteiger partial charge in [-0.25, -0.2) is 19.8 Å². The zero-order valence-corrected chi connectivity index (χ0v) is 18.8. The zero-order chi connectivity index (χ0) is 22.9. The van der Waals surface area contributed by atoms with Crippen LogP contribution in [-0.2, 0) is 4.74 Å². The molecule has 0 amide bonds. The van der Waals surface area contributed by atoms with Crippen LogP contribution in [0.25, 0.3) is 11.1 Å². The number of halogens is 2. The van der Waals surface area contributed by atoms with Gasteiger partial charge in [0.05, 0.1) is 25.8 Å². The first-order valence-electron chi connectivity index (χ1n) is 10.4. The topological polar surface area (TPSA) is 46.1 Å². The molecule has 1 N–H and O–H groups in total. The molecule has 5 rings (SSSR count). The lowest BCUT2D eigenvalue weighted by molar-refractivity contribution is 0.146. The van der Waals surface area contributed by atoms with Crippen LogP contribution in [0.3, 0.4) is 0 Å². The average molecular weight is 462 g/mol. The molecule has 2 heterocycles. The molecule has 0 bridgehead atoms. The molecule has 0 saturated carbocycles. The van der Waals surface area contributed by atoms with Gasteiger partial charge in [0.1, 0.15) is 16.7 Å². The van der Waals surface area contributed by atoms with Crippen LogP contribution in [0.5, 0.6) is 5.75 Å². The second-order valence-corrected chi connectivity index (χ2v) is 7.90. The van der Waals surface area contributed by atoms with E-state index in [-0.39, 0.29) is 17.0 Å². The fourth-order valence-corrected chi connectivity index (χ4v) is 4.42. The van der Waals surface area contributed by atoms with E-state index in [2.05, 4.69) is 5.43 Å². The molecule has 5 nitrogen and oxygen atoms in total. The lowest BCUT2D eigenvalue weighted by Crippen LogP contribution is -2.36. The van der Waals surface area contributed by atoms with Crippen molar-refractivity contribution in [2.45, 2.75) is 6.04 Å². The molecule has 0 radical (unpaired) electrons. The SMILES string of the molecule is COC1=C(c2ccc(OC)cc2)C(Cl)=NC2=C(c3ccccc3F)C(c3ccccc3)NN21. The molecule has 1 atom stereocenters. The molecule has 0 saturated heterocycles. The van der Waals surface area contributed by atoms with Crippen LogP contribution >= 0.6 is 11.6 Å². The minimum Gasteiger partial charge on any atom is -0.497 e. The maximum Gasteiger partial charge on any atom is 0.221 e. The number of aliphatic imine (C=N–C) groups is 1. The first-order valence-corrected chi connectivity index (χ1v) is 10.8. The molecule has 33 heavy (non-hydrogen) atoms. The van der Waals surface area contributed by atoms with E-state index in [1.165, 1.54) is 6.07 Å². The molecule has 2 aliphatic rings. The van der Waals surface area contributed by atoms with E-state index >= 15 is 0 Å².